The van der Waals surface area contributed by atoms with Crippen molar-refractivity contribution in [3.8, 4) is 0 Å². The van der Waals surface area contributed by atoms with Gasteiger partial charge in [0, 0.05) is 44.0 Å². The lowest BCUT2D eigenvalue weighted by atomic mass is 9.69. The lowest BCUT2D eigenvalue weighted by molar-refractivity contribution is -0.121. The number of amides is 2. The minimum Gasteiger partial charge on any atom is -0.356 e. The number of carbonyl (C=O) groups is 2. The molecule has 7 heteroatoms. The molecule has 35 heavy (non-hydrogen) atoms. The van der Waals surface area contributed by atoms with Gasteiger partial charge in [0.1, 0.15) is 0 Å². The van der Waals surface area contributed by atoms with E-state index in [4.69, 9.17) is 0 Å². The highest BCUT2D eigenvalue weighted by Crippen LogP contribution is 2.43. The fraction of sp³-hybridized carbons (Fsp3) is 0.750. The number of likely N-dealkylation sites (tertiary alicyclic amines) is 2. The molecule has 5 rings (SSSR count). The fourth-order valence-electron chi connectivity index (χ4n) is 7.35. The van der Waals surface area contributed by atoms with Gasteiger partial charge in [-0.25, -0.2) is 0 Å². The molecule has 0 radical (unpaired) electrons. The third-order valence-corrected chi connectivity index (χ3v) is 8.92. The summed E-state index contributed by atoms with van der Waals surface area (Å²) >= 11 is 0. The van der Waals surface area contributed by atoms with E-state index in [1.54, 1.807) is 12.4 Å². The maximum Gasteiger partial charge on any atom is 0.255 e. The number of piperidine rings is 3. The molecule has 1 N–H and O–H groups in total. The summed E-state index contributed by atoms with van der Waals surface area (Å²) in [5, 5.41) is 3.13. The fourth-order valence-corrected chi connectivity index (χ4v) is 7.35. The first kappa shape index (κ1) is 24.7. The minimum atomic E-state index is 0.121. The van der Waals surface area contributed by atoms with Crippen molar-refractivity contribution in [2.24, 2.45) is 11.8 Å². The van der Waals surface area contributed by atoms with Crippen molar-refractivity contribution in [2.45, 2.75) is 76.3 Å². The second-order valence-electron chi connectivity index (χ2n) is 11.1. The van der Waals surface area contributed by atoms with Gasteiger partial charge in [-0.15, -0.1) is 0 Å². The van der Waals surface area contributed by atoms with Gasteiger partial charge in [-0.2, -0.15) is 0 Å². The molecule has 0 bridgehead atoms. The normalized spacial score (nSPS) is 29.1. The molecule has 4 saturated heterocycles. The molecule has 0 aromatic carbocycles. The van der Waals surface area contributed by atoms with Gasteiger partial charge in [-0.1, -0.05) is 0 Å². The molecule has 0 spiro atoms. The summed E-state index contributed by atoms with van der Waals surface area (Å²) in [5.41, 5.74) is 0.690. The second kappa shape index (κ2) is 11.8. The van der Waals surface area contributed by atoms with Crippen LogP contribution in [0.4, 0.5) is 0 Å². The zero-order valence-electron chi connectivity index (χ0n) is 21.2. The SMILES string of the molecule is O=C(CCC[C@@H]1[C@H]2CCCN3CCC[C@@H](CN1C(=O)c1cccnc1)[C@@H]23)NCCCN1CCCC1. The molecule has 5 heterocycles. The third kappa shape index (κ3) is 5.88. The molecule has 7 nitrogen and oxygen atoms in total. The molecular formula is C28H43N5O2. The maximum atomic E-state index is 13.6. The van der Waals surface area contributed by atoms with E-state index in [1.807, 2.05) is 12.1 Å². The summed E-state index contributed by atoms with van der Waals surface area (Å²) in [7, 11) is 0. The zero-order valence-corrected chi connectivity index (χ0v) is 21.2. The highest BCUT2D eigenvalue weighted by atomic mass is 16.2. The average molecular weight is 482 g/mol. The standard InChI is InChI=1S/C28H43N5O2/c34-26(30-14-7-17-31-15-1-2-16-31)12-3-11-25-24-10-6-19-32-18-5-9-23(27(24)32)21-33(25)28(35)22-8-4-13-29-20-22/h4,8,13,20,23-25,27H,1-3,5-7,9-12,14-19,21H2,(H,30,34)/t23-,24+,25+,27-/m0/s1. The molecule has 4 atom stereocenters. The van der Waals surface area contributed by atoms with E-state index in [9.17, 15) is 9.59 Å². The van der Waals surface area contributed by atoms with Crippen LogP contribution in [0, 0.1) is 11.8 Å². The summed E-state index contributed by atoms with van der Waals surface area (Å²) in [6.07, 6.45) is 14.3. The number of hydrogen-bond donors (Lipinski definition) is 1. The van der Waals surface area contributed by atoms with Crippen LogP contribution < -0.4 is 5.32 Å². The Balaban J connectivity index is 1.18. The molecular weight excluding hydrogens is 438 g/mol. The van der Waals surface area contributed by atoms with E-state index in [0.717, 1.165) is 38.9 Å². The summed E-state index contributed by atoms with van der Waals surface area (Å²) in [4.78, 5) is 37.7. The first-order chi connectivity index (χ1) is 17.2. The summed E-state index contributed by atoms with van der Waals surface area (Å²) in [6.45, 7) is 7.55. The molecule has 1 aromatic heterocycles. The number of hydrogen-bond acceptors (Lipinski definition) is 5. The Labute approximate surface area is 210 Å². The van der Waals surface area contributed by atoms with Crippen LogP contribution in [0.3, 0.4) is 0 Å². The van der Waals surface area contributed by atoms with Gasteiger partial charge in [0.05, 0.1) is 5.56 Å². The van der Waals surface area contributed by atoms with Gasteiger partial charge in [0.2, 0.25) is 5.91 Å². The topological polar surface area (TPSA) is 68.8 Å². The Morgan fingerprint density at radius 1 is 1.03 bits per heavy atom. The van der Waals surface area contributed by atoms with Crippen LogP contribution in [0.5, 0.6) is 0 Å². The lowest BCUT2D eigenvalue weighted by Gasteiger charge is -2.57. The Morgan fingerprint density at radius 2 is 1.86 bits per heavy atom. The van der Waals surface area contributed by atoms with Gasteiger partial charge >= 0.3 is 0 Å². The Hall–Kier alpha value is -1.99. The molecule has 2 amide bonds. The van der Waals surface area contributed by atoms with Gasteiger partial charge in [-0.05, 0) is 114 Å². The third-order valence-electron chi connectivity index (χ3n) is 8.92. The van der Waals surface area contributed by atoms with Crippen molar-refractivity contribution in [3.05, 3.63) is 30.1 Å². The van der Waals surface area contributed by atoms with Crippen molar-refractivity contribution in [1.29, 1.82) is 0 Å². The molecule has 0 unspecified atom stereocenters. The van der Waals surface area contributed by atoms with E-state index >= 15 is 0 Å². The van der Waals surface area contributed by atoms with Gasteiger partial charge in [0.15, 0.2) is 0 Å². The quantitative estimate of drug-likeness (QED) is 0.549. The molecule has 1 aromatic rings. The van der Waals surface area contributed by atoms with E-state index in [1.165, 1.54) is 64.7 Å². The lowest BCUT2D eigenvalue weighted by Crippen LogP contribution is -2.65. The van der Waals surface area contributed by atoms with Crippen LogP contribution >= 0.6 is 0 Å². The highest BCUT2D eigenvalue weighted by molar-refractivity contribution is 5.94. The first-order valence-corrected chi connectivity index (χ1v) is 14.1. The number of carbonyl (C=O) groups excluding carboxylic acids is 2. The van der Waals surface area contributed by atoms with Crippen molar-refractivity contribution in [1.82, 2.24) is 25.0 Å². The zero-order chi connectivity index (χ0) is 24.0. The molecule has 4 aliphatic rings. The monoisotopic (exact) mass is 481 g/mol. The maximum absolute atomic E-state index is 13.6. The average Bonchev–Trinajstić information content (AvgIpc) is 3.42. The smallest absolute Gasteiger partial charge is 0.255 e. The Kier molecular flexibility index (Phi) is 8.35. The molecule has 0 aliphatic carbocycles. The van der Waals surface area contributed by atoms with Crippen LogP contribution in [-0.2, 0) is 4.79 Å². The van der Waals surface area contributed by atoms with Crippen molar-refractivity contribution >= 4 is 11.8 Å². The van der Waals surface area contributed by atoms with Crippen LogP contribution in [-0.4, -0.2) is 89.4 Å². The van der Waals surface area contributed by atoms with E-state index in [-0.39, 0.29) is 17.9 Å². The van der Waals surface area contributed by atoms with Crippen LogP contribution in [0.1, 0.15) is 74.6 Å². The number of nitrogens with one attached hydrogen (secondary N) is 1. The molecule has 4 aliphatic heterocycles. The number of pyridine rings is 1. The minimum absolute atomic E-state index is 0.121. The number of nitrogens with zero attached hydrogens (tertiary/aromatic N) is 4. The van der Waals surface area contributed by atoms with Crippen molar-refractivity contribution < 1.29 is 9.59 Å². The Bertz CT molecular complexity index is 841. The highest BCUT2D eigenvalue weighted by Gasteiger charge is 2.49. The Morgan fingerprint density at radius 3 is 2.66 bits per heavy atom. The van der Waals surface area contributed by atoms with E-state index in [2.05, 4.69) is 25.0 Å². The number of aromatic nitrogens is 1. The second-order valence-corrected chi connectivity index (χ2v) is 11.1. The van der Waals surface area contributed by atoms with Crippen molar-refractivity contribution in [2.75, 3.05) is 45.8 Å². The summed E-state index contributed by atoms with van der Waals surface area (Å²) < 4.78 is 0. The van der Waals surface area contributed by atoms with Gasteiger partial charge < -0.3 is 15.1 Å². The van der Waals surface area contributed by atoms with Gasteiger partial charge in [0.25, 0.3) is 5.91 Å². The predicted molar refractivity (Wildman–Crippen MR) is 137 cm³/mol. The molecule has 4 fully saturated rings. The van der Waals surface area contributed by atoms with Crippen LogP contribution in [0.25, 0.3) is 0 Å². The molecule has 0 saturated carbocycles. The van der Waals surface area contributed by atoms with Crippen molar-refractivity contribution in [3.63, 3.8) is 0 Å². The largest absolute Gasteiger partial charge is 0.356 e. The van der Waals surface area contributed by atoms with Gasteiger partial charge in [-0.3, -0.25) is 19.5 Å². The van der Waals surface area contributed by atoms with E-state index < -0.39 is 0 Å². The van der Waals surface area contributed by atoms with Crippen LogP contribution in [0.2, 0.25) is 0 Å². The van der Waals surface area contributed by atoms with Crippen LogP contribution in [0.15, 0.2) is 24.5 Å². The summed E-state index contributed by atoms with van der Waals surface area (Å²) in [6, 6.07) is 4.57. The number of rotatable bonds is 9. The molecule has 192 valence electrons. The summed E-state index contributed by atoms with van der Waals surface area (Å²) in [5.74, 6) is 1.38. The first-order valence-electron chi connectivity index (χ1n) is 14.1. The predicted octanol–water partition coefficient (Wildman–Crippen LogP) is 3.17. The van der Waals surface area contributed by atoms with E-state index in [0.29, 0.717) is 29.9 Å².